The fraction of sp³-hybridized carbons (Fsp3) is 0.167. The van der Waals surface area contributed by atoms with Crippen LogP contribution in [0, 0.1) is 6.92 Å². The van der Waals surface area contributed by atoms with Gasteiger partial charge >= 0.3 is 0 Å². The molecule has 72 valence electrons. The first kappa shape index (κ1) is 9.44. The van der Waals surface area contributed by atoms with Crippen LogP contribution in [0.4, 0.5) is 0 Å². The Morgan fingerprint density at radius 3 is 2.43 bits per heavy atom. The van der Waals surface area contributed by atoms with Crippen molar-refractivity contribution in [2.75, 3.05) is 0 Å². The van der Waals surface area contributed by atoms with E-state index in [0.29, 0.717) is 0 Å². The van der Waals surface area contributed by atoms with Crippen LogP contribution >= 0.6 is 11.3 Å². The Bertz CT molecular complexity index is 405. The number of aliphatic hydroxyl groups excluding tert-OH is 1. The van der Waals surface area contributed by atoms with Crippen LogP contribution in [0.15, 0.2) is 41.8 Å². The maximum Gasteiger partial charge on any atom is 0.105 e. The lowest BCUT2D eigenvalue weighted by Gasteiger charge is -2.10. The molecular formula is C12H12OS. The van der Waals surface area contributed by atoms with Crippen LogP contribution in [0.3, 0.4) is 0 Å². The highest BCUT2D eigenvalue weighted by Gasteiger charge is 2.12. The molecule has 0 aliphatic carbocycles. The van der Waals surface area contributed by atoms with E-state index < -0.39 is 6.10 Å². The molecule has 1 heterocycles. The zero-order chi connectivity index (χ0) is 9.97. The van der Waals surface area contributed by atoms with Crippen molar-refractivity contribution < 1.29 is 5.11 Å². The Morgan fingerprint density at radius 1 is 1.14 bits per heavy atom. The number of hydrogen-bond acceptors (Lipinski definition) is 2. The highest BCUT2D eigenvalue weighted by molar-refractivity contribution is 7.10. The zero-order valence-corrected chi connectivity index (χ0v) is 8.79. The third-order valence-electron chi connectivity index (χ3n) is 2.31. The van der Waals surface area contributed by atoms with E-state index in [1.165, 1.54) is 4.88 Å². The normalized spacial score (nSPS) is 12.7. The molecule has 0 saturated heterocycles. The van der Waals surface area contributed by atoms with Crippen LogP contribution in [0.2, 0.25) is 0 Å². The minimum absolute atomic E-state index is 0.484. The van der Waals surface area contributed by atoms with Crippen molar-refractivity contribution in [2.45, 2.75) is 13.0 Å². The van der Waals surface area contributed by atoms with Gasteiger partial charge in [-0.15, -0.1) is 11.3 Å². The molecule has 1 nitrogen and oxygen atoms in total. The first-order valence-corrected chi connectivity index (χ1v) is 5.44. The molecule has 0 aliphatic heterocycles. The lowest BCUT2D eigenvalue weighted by molar-refractivity contribution is 0.220. The molecule has 1 N–H and O–H groups in total. The van der Waals surface area contributed by atoms with E-state index >= 15 is 0 Å². The van der Waals surface area contributed by atoms with Crippen molar-refractivity contribution in [3.63, 3.8) is 0 Å². The minimum Gasteiger partial charge on any atom is -0.384 e. The molecule has 14 heavy (non-hydrogen) atoms. The van der Waals surface area contributed by atoms with Crippen molar-refractivity contribution in [3.05, 3.63) is 57.8 Å². The predicted octanol–water partition coefficient (Wildman–Crippen LogP) is 3.14. The average molecular weight is 204 g/mol. The third kappa shape index (κ3) is 1.72. The summed E-state index contributed by atoms with van der Waals surface area (Å²) in [6, 6.07) is 11.7. The molecule has 2 rings (SSSR count). The zero-order valence-electron chi connectivity index (χ0n) is 7.97. The molecule has 0 spiro atoms. The van der Waals surface area contributed by atoms with Crippen molar-refractivity contribution >= 4 is 11.3 Å². The summed E-state index contributed by atoms with van der Waals surface area (Å²) in [5.41, 5.74) is 1.97. The van der Waals surface area contributed by atoms with Crippen LogP contribution in [-0.2, 0) is 0 Å². The highest BCUT2D eigenvalue weighted by Crippen LogP contribution is 2.27. The average Bonchev–Trinajstić information content (AvgIpc) is 2.65. The van der Waals surface area contributed by atoms with Gasteiger partial charge in [-0.25, -0.2) is 0 Å². The Labute approximate surface area is 87.7 Å². The van der Waals surface area contributed by atoms with Gasteiger partial charge in [0.2, 0.25) is 0 Å². The van der Waals surface area contributed by atoms with E-state index in [4.69, 9.17) is 0 Å². The topological polar surface area (TPSA) is 20.2 Å². The van der Waals surface area contributed by atoms with Crippen molar-refractivity contribution in [3.8, 4) is 0 Å². The molecule has 0 fully saturated rings. The molecule has 1 aromatic heterocycles. The fourth-order valence-electron chi connectivity index (χ4n) is 1.49. The van der Waals surface area contributed by atoms with Gasteiger partial charge in [0.15, 0.2) is 0 Å². The molecule has 0 aliphatic rings. The van der Waals surface area contributed by atoms with Crippen LogP contribution < -0.4 is 0 Å². The Kier molecular flexibility index (Phi) is 2.66. The van der Waals surface area contributed by atoms with Crippen molar-refractivity contribution in [1.29, 1.82) is 0 Å². The van der Waals surface area contributed by atoms with Gasteiger partial charge in [-0.05, 0) is 29.5 Å². The van der Waals surface area contributed by atoms with E-state index in [1.807, 2.05) is 48.7 Å². The highest BCUT2D eigenvalue weighted by atomic mass is 32.1. The van der Waals surface area contributed by atoms with Gasteiger partial charge in [0.05, 0.1) is 0 Å². The Balaban J connectivity index is 2.34. The molecule has 2 heteroatoms. The van der Waals surface area contributed by atoms with Gasteiger partial charge in [0.1, 0.15) is 6.10 Å². The standard InChI is InChI=1S/C12H12OS/c1-9-11(7-8-14-9)12(13)10-5-3-2-4-6-10/h2-8,12-13H,1H3. The fourth-order valence-corrected chi connectivity index (χ4v) is 2.23. The van der Waals surface area contributed by atoms with E-state index in [1.54, 1.807) is 11.3 Å². The van der Waals surface area contributed by atoms with Gasteiger partial charge in [0.25, 0.3) is 0 Å². The first-order valence-electron chi connectivity index (χ1n) is 4.56. The number of hydrogen-bond donors (Lipinski definition) is 1. The second-order valence-electron chi connectivity index (χ2n) is 3.25. The largest absolute Gasteiger partial charge is 0.384 e. The van der Waals surface area contributed by atoms with Crippen LogP contribution in [0.25, 0.3) is 0 Å². The third-order valence-corrected chi connectivity index (χ3v) is 3.17. The second-order valence-corrected chi connectivity index (χ2v) is 4.37. The summed E-state index contributed by atoms with van der Waals surface area (Å²) in [7, 11) is 0. The van der Waals surface area contributed by atoms with E-state index in [0.717, 1.165) is 11.1 Å². The summed E-state index contributed by atoms with van der Waals surface area (Å²) in [6.07, 6.45) is -0.484. The molecule has 0 bridgehead atoms. The van der Waals surface area contributed by atoms with Gasteiger partial charge in [-0.1, -0.05) is 30.3 Å². The number of aliphatic hydroxyl groups is 1. The maximum atomic E-state index is 10.1. The number of thiophene rings is 1. The molecular weight excluding hydrogens is 192 g/mol. The first-order chi connectivity index (χ1) is 6.79. The summed E-state index contributed by atoms with van der Waals surface area (Å²) in [6.45, 7) is 2.03. The van der Waals surface area contributed by atoms with Crippen LogP contribution in [0.1, 0.15) is 22.1 Å². The van der Waals surface area contributed by atoms with Gasteiger partial charge in [-0.3, -0.25) is 0 Å². The minimum atomic E-state index is -0.484. The van der Waals surface area contributed by atoms with E-state index in [9.17, 15) is 5.11 Å². The summed E-state index contributed by atoms with van der Waals surface area (Å²) >= 11 is 1.67. The molecule has 1 unspecified atom stereocenters. The lowest BCUT2D eigenvalue weighted by Crippen LogP contribution is -1.98. The van der Waals surface area contributed by atoms with Crippen LogP contribution in [-0.4, -0.2) is 5.11 Å². The smallest absolute Gasteiger partial charge is 0.105 e. The van der Waals surface area contributed by atoms with Crippen LogP contribution in [0.5, 0.6) is 0 Å². The second kappa shape index (κ2) is 3.95. The molecule has 0 saturated carbocycles. The predicted molar refractivity (Wildman–Crippen MR) is 59.6 cm³/mol. The van der Waals surface area contributed by atoms with Crippen molar-refractivity contribution in [1.82, 2.24) is 0 Å². The summed E-state index contributed by atoms with van der Waals surface area (Å²) in [5, 5.41) is 12.1. The molecule has 0 amide bonds. The van der Waals surface area contributed by atoms with Gasteiger partial charge < -0.3 is 5.11 Å². The molecule has 1 aromatic carbocycles. The van der Waals surface area contributed by atoms with Crippen molar-refractivity contribution in [2.24, 2.45) is 0 Å². The SMILES string of the molecule is Cc1sccc1C(O)c1ccccc1. The molecule has 1 atom stereocenters. The molecule has 2 aromatic rings. The van der Waals surface area contributed by atoms with Gasteiger partial charge in [-0.2, -0.15) is 0 Å². The summed E-state index contributed by atoms with van der Waals surface area (Å²) in [4.78, 5) is 1.18. The van der Waals surface area contributed by atoms with E-state index in [-0.39, 0.29) is 0 Å². The maximum absolute atomic E-state index is 10.1. The lowest BCUT2D eigenvalue weighted by atomic mass is 10.0. The van der Waals surface area contributed by atoms with E-state index in [2.05, 4.69) is 0 Å². The number of benzene rings is 1. The Morgan fingerprint density at radius 2 is 1.86 bits per heavy atom. The monoisotopic (exact) mass is 204 g/mol. The summed E-state index contributed by atoms with van der Waals surface area (Å²) in [5.74, 6) is 0. The van der Waals surface area contributed by atoms with Gasteiger partial charge in [0, 0.05) is 4.88 Å². The molecule has 0 radical (unpaired) electrons. The summed E-state index contributed by atoms with van der Waals surface area (Å²) < 4.78 is 0. The number of rotatable bonds is 2. The number of aryl methyl sites for hydroxylation is 1. The quantitative estimate of drug-likeness (QED) is 0.796. The Hall–Kier alpha value is -1.12.